The minimum Gasteiger partial charge on any atom is -0.319 e. The lowest BCUT2D eigenvalue weighted by atomic mass is 9.92. The van der Waals surface area contributed by atoms with Crippen LogP contribution in [0, 0.1) is 0 Å². The topological polar surface area (TPSA) is 49.4 Å². The van der Waals surface area contributed by atoms with Gasteiger partial charge in [0.2, 0.25) is 0 Å². The van der Waals surface area contributed by atoms with Crippen LogP contribution in [0.4, 0.5) is 4.79 Å². The minimum atomic E-state index is -1.01. The van der Waals surface area contributed by atoms with Gasteiger partial charge in [-0.1, -0.05) is 48.5 Å². The van der Waals surface area contributed by atoms with Crippen molar-refractivity contribution in [3.05, 3.63) is 66.2 Å². The summed E-state index contributed by atoms with van der Waals surface area (Å²) in [5.41, 5.74) is -0.236. The van der Waals surface area contributed by atoms with Crippen molar-refractivity contribution < 1.29 is 9.59 Å². The Hall–Kier alpha value is -2.27. The lowest BCUT2D eigenvalue weighted by Gasteiger charge is -2.21. The van der Waals surface area contributed by atoms with Gasteiger partial charge in [0.1, 0.15) is 5.54 Å². The number of hydrogen-bond donors (Lipinski definition) is 1. The Morgan fingerprint density at radius 2 is 1.52 bits per heavy atom. The second-order valence-electron chi connectivity index (χ2n) is 4.93. The maximum atomic E-state index is 12.7. The lowest BCUT2D eigenvalue weighted by molar-refractivity contribution is -0.127. The molecule has 2 aromatic rings. The largest absolute Gasteiger partial charge is 0.335 e. The van der Waals surface area contributed by atoms with Crippen LogP contribution in [0.2, 0.25) is 0 Å². The van der Waals surface area contributed by atoms with Gasteiger partial charge in [-0.05, 0) is 36.6 Å². The normalized spacial score (nSPS) is 21.5. The van der Waals surface area contributed by atoms with Crippen LogP contribution in [-0.4, -0.2) is 16.2 Å². The molecular weight excluding hydrogens is 284 g/mol. The molecule has 0 aliphatic carbocycles. The summed E-state index contributed by atoms with van der Waals surface area (Å²) in [6, 6.07) is 18.2. The third-order valence-corrected chi connectivity index (χ3v) is 4.44. The summed E-state index contributed by atoms with van der Waals surface area (Å²) in [6.07, 6.45) is 0. The van der Waals surface area contributed by atoms with Crippen molar-refractivity contribution in [1.29, 1.82) is 0 Å². The fraction of sp³-hybridized carbons (Fsp3) is 0.125. The van der Waals surface area contributed by atoms with Gasteiger partial charge in [-0.15, -0.1) is 0 Å². The van der Waals surface area contributed by atoms with Crippen molar-refractivity contribution in [2.24, 2.45) is 0 Å². The van der Waals surface area contributed by atoms with E-state index in [9.17, 15) is 9.59 Å². The fourth-order valence-corrected chi connectivity index (χ4v) is 3.13. The van der Waals surface area contributed by atoms with Gasteiger partial charge in [-0.25, -0.2) is 4.79 Å². The van der Waals surface area contributed by atoms with Crippen molar-refractivity contribution >= 4 is 23.9 Å². The molecule has 1 aliphatic heterocycles. The Bertz CT molecular complexity index is 675. The summed E-state index contributed by atoms with van der Waals surface area (Å²) >= 11 is 1.14. The van der Waals surface area contributed by atoms with E-state index in [2.05, 4.69) is 5.32 Å². The number of imide groups is 1. The van der Waals surface area contributed by atoms with E-state index in [1.54, 1.807) is 6.92 Å². The molecule has 1 N–H and O–H groups in total. The first-order valence-electron chi connectivity index (χ1n) is 6.56. The van der Waals surface area contributed by atoms with Gasteiger partial charge in [0.15, 0.2) is 0 Å². The summed E-state index contributed by atoms with van der Waals surface area (Å²) in [5.74, 6) is -0.257. The Balaban J connectivity index is 1.89. The first kappa shape index (κ1) is 13.7. The van der Waals surface area contributed by atoms with Crippen molar-refractivity contribution in [1.82, 2.24) is 9.62 Å². The van der Waals surface area contributed by atoms with E-state index < -0.39 is 5.54 Å². The van der Waals surface area contributed by atoms with Crippen LogP contribution < -0.4 is 5.32 Å². The summed E-state index contributed by atoms with van der Waals surface area (Å²) in [4.78, 5) is 25.7. The maximum Gasteiger partial charge on any atom is 0.335 e. The molecule has 1 fully saturated rings. The summed E-state index contributed by atoms with van der Waals surface area (Å²) in [6.45, 7) is 1.73. The molecule has 1 saturated heterocycles. The quantitative estimate of drug-likeness (QED) is 0.699. The zero-order valence-electron chi connectivity index (χ0n) is 11.4. The highest BCUT2D eigenvalue weighted by Crippen LogP contribution is 2.34. The smallest absolute Gasteiger partial charge is 0.319 e. The predicted molar refractivity (Wildman–Crippen MR) is 81.5 cm³/mol. The van der Waals surface area contributed by atoms with Crippen LogP contribution in [-0.2, 0) is 10.3 Å². The van der Waals surface area contributed by atoms with Gasteiger partial charge in [0.05, 0.1) is 0 Å². The van der Waals surface area contributed by atoms with E-state index in [0.717, 1.165) is 22.4 Å². The molecule has 0 radical (unpaired) electrons. The van der Waals surface area contributed by atoms with Gasteiger partial charge in [0.25, 0.3) is 5.91 Å². The van der Waals surface area contributed by atoms with Crippen LogP contribution >= 0.6 is 11.9 Å². The predicted octanol–water partition coefficient (Wildman–Crippen LogP) is 3.16. The number of rotatable bonds is 3. The van der Waals surface area contributed by atoms with Crippen molar-refractivity contribution in [2.75, 3.05) is 0 Å². The first-order valence-corrected chi connectivity index (χ1v) is 7.34. The molecule has 2 aromatic carbocycles. The molecular formula is C16H14N2O2S. The Labute approximate surface area is 127 Å². The number of hydrogen-bond acceptors (Lipinski definition) is 3. The molecule has 4 nitrogen and oxygen atoms in total. The number of carbonyl (C=O) groups is 2. The molecule has 3 rings (SSSR count). The Kier molecular flexibility index (Phi) is 3.43. The molecule has 0 bridgehead atoms. The second kappa shape index (κ2) is 5.26. The number of nitrogens with zero attached hydrogens (tertiary/aromatic N) is 1. The molecule has 21 heavy (non-hydrogen) atoms. The molecule has 1 heterocycles. The number of benzene rings is 2. The van der Waals surface area contributed by atoms with Gasteiger partial charge in [-0.3, -0.25) is 4.79 Å². The molecule has 3 amide bonds. The van der Waals surface area contributed by atoms with E-state index in [1.807, 2.05) is 60.7 Å². The molecule has 5 heteroatoms. The van der Waals surface area contributed by atoms with Crippen LogP contribution in [0.15, 0.2) is 65.6 Å². The van der Waals surface area contributed by atoms with Crippen molar-refractivity contribution in [3.8, 4) is 0 Å². The Morgan fingerprint density at radius 3 is 2.14 bits per heavy atom. The first-order chi connectivity index (χ1) is 10.1. The van der Waals surface area contributed by atoms with E-state index in [0.29, 0.717) is 0 Å². The molecule has 1 unspecified atom stereocenters. The molecule has 106 valence electrons. The van der Waals surface area contributed by atoms with E-state index >= 15 is 0 Å². The summed E-state index contributed by atoms with van der Waals surface area (Å²) < 4.78 is 1.18. The summed E-state index contributed by atoms with van der Waals surface area (Å²) in [7, 11) is 0. The van der Waals surface area contributed by atoms with Gasteiger partial charge >= 0.3 is 6.03 Å². The Morgan fingerprint density at radius 1 is 0.952 bits per heavy atom. The highest BCUT2D eigenvalue weighted by atomic mass is 32.2. The zero-order valence-corrected chi connectivity index (χ0v) is 12.3. The van der Waals surface area contributed by atoms with Crippen molar-refractivity contribution in [2.45, 2.75) is 17.4 Å². The standard InChI is InChI=1S/C16H14N2O2S/c1-16(12-8-4-2-5-9-12)14(19)18(15(20)17-16)21-13-10-6-3-7-11-13/h2-11H,1H3,(H,17,20). The zero-order chi connectivity index (χ0) is 14.9. The number of carbonyl (C=O) groups excluding carboxylic acids is 2. The molecule has 0 saturated carbocycles. The average Bonchev–Trinajstić information content (AvgIpc) is 2.74. The molecule has 0 aromatic heterocycles. The number of nitrogens with one attached hydrogen (secondary N) is 1. The van der Waals surface area contributed by atoms with Crippen LogP contribution in [0.25, 0.3) is 0 Å². The average molecular weight is 298 g/mol. The number of amides is 3. The lowest BCUT2D eigenvalue weighted by Crippen LogP contribution is -2.40. The van der Waals surface area contributed by atoms with Crippen LogP contribution in [0.3, 0.4) is 0 Å². The van der Waals surface area contributed by atoms with Crippen LogP contribution in [0.1, 0.15) is 12.5 Å². The number of urea groups is 1. The molecule has 0 spiro atoms. The maximum absolute atomic E-state index is 12.7. The minimum absolute atomic E-state index is 0.257. The van der Waals surface area contributed by atoms with E-state index in [1.165, 1.54) is 4.31 Å². The highest BCUT2D eigenvalue weighted by Gasteiger charge is 2.49. The SMILES string of the molecule is CC1(c2ccccc2)NC(=O)N(Sc2ccccc2)C1=O. The van der Waals surface area contributed by atoms with Gasteiger partial charge < -0.3 is 5.32 Å². The van der Waals surface area contributed by atoms with Gasteiger partial charge in [0, 0.05) is 4.90 Å². The molecule has 1 atom stereocenters. The highest BCUT2D eigenvalue weighted by molar-refractivity contribution is 7.98. The van der Waals surface area contributed by atoms with E-state index in [4.69, 9.17) is 0 Å². The fourth-order valence-electron chi connectivity index (χ4n) is 2.25. The van der Waals surface area contributed by atoms with Gasteiger partial charge in [-0.2, -0.15) is 4.31 Å². The molecule has 1 aliphatic rings. The monoisotopic (exact) mass is 298 g/mol. The van der Waals surface area contributed by atoms with E-state index in [-0.39, 0.29) is 11.9 Å². The van der Waals surface area contributed by atoms with Crippen LogP contribution in [0.5, 0.6) is 0 Å². The second-order valence-corrected chi connectivity index (χ2v) is 5.94. The van der Waals surface area contributed by atoms with Crippen molar-refractivity contribution in [3.63, 3.8) is 0 Å². The third-order valence-electron chi connectivity index (χ3n) is 3.44. The summed E-state index contributed by atoms with van der Waals surface area (Å²) in [5, 5.41) is 2.78. The third kappa shape index (κ3) is 2.40.